The second-order valence-electron chi connectivity index (χ2n) is 5.41. The maximum absolute atomic E-state index is 5.62. The topological polar surface area (TPSA) is 9.23 Å². The number of fused-ring (bicyclic) bond motifs is 3. The molecule has 116 valence electrons. The molecule has 4 heteroatoms. The number of hydrogen-bond acceptors (Lipinski definition) is 1. The first kappa shape index (κ1) is 18.5. The molecule has 0 bridgehead atoms. The van der Waals surface area contributed by atoms with E-state index in [1.54, 1.807) is 10.4 Å². The van der Waals surface area contributed by atoms with E-state index in [1.807, 2.05) is 0 Å². The van der Waals surface area contributed by atoms with Crippen molar-refractivity contribution in [1.82, 2.24) is 0 Å². The molecule has 23 heavy (non-hydrogen) atoms. The van der Waals surface area contributed by atoms with Crippen LogP contribution in [0.2, 0.25) is 0 Å². The molecule has 1 nitrogen and oxygen atoms in total. The first-order valence-electron chi connectivity index (χ1n) is 7.27. The molecule has 0 fully saturated rings. The quantitative estimate of drug-likeness (QED) is 0.598. The predicted octanol–water partition coefficient (Wildman–Crippen LogP) is -1.30. The van der Waals surface area contributed by atoms with Crippen LogP contribution in [0, 0.1) is 0 Å². The smallest absolute Gasteiger partial charge is 1.00 e. The fraction of sp³-hybridized carbons (Fsp3) is 0.158. The number of methoxy groups -OCH3 is 1. The van der Waals surface area contributed by atoms with E-state index in [0.29, 0.717) is 3.63 Å². The summed E-state index contributed by atoms with van der Waals surface area (Å²) in [5, 5.41) is 0. The molecule has 0 saturated heterocycles. The van der Waals surface area contributed by atoms with Gasteiger partial charge in [0.15, 0.2) is 0 Å². The first-order valence-corrected chi connectivity index (χ1v) is 9.92. The third-order valence-corrected chi connectivity index (χ3v) is 8.29. The Balaban J connectivity index is 0.000000960. The van der Waals surface area contributed by atoms with Gasteiger partial charge in [0.1, 0.15) is 0 Å². The van der Waals surface area contributed by atoms with Gasteiger partial charge in [0.05, 0.1) is 0 Å². The Labute approximate surface area is 161 Å². The summed E-state index contributed by atoms with van der Waals surface area (Å²) in [7, 11) is 1.77. The van der Waals surface area contributed by atoms with Crippen molar-refractivity contribution in [3.05, 3.63) is 75.1 Å². The Morgan fingerprint density at radius 1 is 1.00 bits per heavy atom. The van der Waals surface area contributed by atoms with Crippen LogP contribution in [-0.2, 0) is 23.2 Å². The van der Waals surface area contributed by atoms with Gasteiger partial charge in [-0.15, -0.1) is 0 Å². The zero-order valence-electron chi connectivity index (χ0n) is 12.7. The van der Waals surface area contributed by atoms with E-state index >= 15 is 0 Å². The van der Waals surface area contributed by atoms with Crippen LogP contribution in [0.3, 0.4) is 0 Å². The van der Waals surface area contributed by atoms with Gasteiger partial charge in [-0.05, 0) is 0 Å². The first-order chi connectivity index (χ1) is 10.4. The van der Waals surface area contributed by atoms with Crippen molar-refractivity contribution in [2.24, 2.45) is 0 Å². The Morgan fingerprint density at radius 3 is 2.52 bits per heavy atom. The molecular weight excluding hydrogens is 406 g/mol. The van der Waals surface area contributed by atoms with E-state index < -0.39 is 23.2 Å². The summed E-state index contributed by atoms with van der Waals surface area (Å²) < 4.78 is 7.94. The summed E-state index contributed by atoms with van der Waals surface area (Å²) in [4.78, 5) is 0. The number of rotatable bonds is 3. The van der Waals surface area contributed by atoms with Crippen molar-refractivity contribution < 1.29 is 52.8 Å². The summed E-state index contributed by atoms with van der Waals surface area (Å²) >= 11 is -0.655. The van der Waals surface area contributed by atoms with E-state index in [9.17, 15) is 0 Å². The SMILES string of the molecule is COc1cccc2c1-c1ccccc1[CH]2[Zr+2][C]1=CC=CC1.[Cl-].[Cl-]. The van der Waals surface area contributed by atoms with Gasteiger partial charge in [-0.3, -0.25) is 0 Å². The molecular formula is C19H16Cl2OZr. The van der Waals surface area contributed by atoms with Crippen molar-refractivity contribution in [2.75, 3.05) is 7.11 Å². The van der Waals surface area contributed by atoms with E-state index in [1.165, 1.54) is 28.7 Å². The summed E-state index contributed by atoms with van der Waals surface area (Å²) in [6.07, 6.45) is 8.00. The summed E-state index contributed by atoms with van der Waals surface area (Å²) in [6.45, 7) is 0. The van der Waals surface area contributed by atoms with Crippen LogP contribution in [0.1, 0.15) is 21.2 Å². The molecule has 0 heterocycles. The molecule has 0 radical (unpaired) electrons. The van der Waals surface area contributed by atoms with Crippen molar-refractivity contribution >= 4 is 0 Å². The minimum atomic E-state index is -0.655. The third-order valence-electron chi connectivity index (χ3n) is 4.23. The largest absolute Gasteiger partial charge is 1.00 e. The fourth-order valence-electron chi connectivity index (χ4n) is 3.29. The molecule has 2 aromatic carbocycles. The van der Waals surface area contributed by atoms with Gasteiger partial charge < -0.3 is 24.8 Å². The van der Waals surface area contributed by atoms with Crippen molar-refractivity contribution in [2.45, 2.75) is 10.0 Å². The number of benzene rings is 2. The van der Waals surface area contributed by atoms with Crippen LogP contribution in [0.25, 0.3) is 11.1 Å². The third kappa shape index (κ3) is 3.22. The normalized spacial score (nSPS) is 16.4. The molecule has 0 saturated carbocycles. The predicted molar refractivity (Wildman–Crippen MR) is 82.1 cm³/mol. The second-order valence-corrected chi connectivity index (χ2v) is 9.12. The van der Waals surface area contributed by atoms with Gasteiger partial charge in [-0.2, -0.15) is 0 Å². The molecule has 1 atom stereocenters. The maximum atomic E-state index is 5.62. The number of hydrogen-bond donors (Lipinski definition) is 0. The summed E-state index contributed by atoms with van der Waals surface area (Å²) in [6, 6.07) is 15.4. The van der Waals surface area contributed by atoms with Crippen LogP contribution in [0.5, 0.6) is 5.75 Å². The second kappa shape index (κ2) is 7.84. The van der Waals surface area contributed by atoms with Crippen LogP contribution < -0.4 is 29.6 Å². The fourth-order valence-corrected chi connectivity index (χ4v) is 7.22. The van der Waals surface area contributed by atoms with Gasteiger partial charge in [-0.1, -0.05) is 0 Å². The summed E-state index contributed by atoms with van der Waals surface area (Å²) in [5.41, 5.74) is 5.70. The monoisotopic (exact) mass is 420 g/mol. The zero-order valence-corrected chi connectivity index (χ0v) is 16.7. The Morgan fingerprint density at radius 2 is 1.78 bits per heavy atom. The van der Waals surface area contributed by atoms with Gasteiger partial charge in [0, 0.05) is 0 Å². The Bertz CT molecular complexity index is 768. The van der Waals surface area contributed by atoms with E-state index in [0.717, 1.165) is 5.75 Å². The van der Waals surface area contributed by atoms with Gasteiger partial charge in [0.2, 0.25) is 0 Å². The summed E-state index contributed by atoms with van der Waals surface area (Å²) in [5.74, 6) is 1.01. The van der Waals surface area contributed by atoms with Crippen molar-refractivity contribution in [3.63, 3.8) is 0 Å². The Kier molecular flexibility index (Phi) is 6.31. The van der Waals surface area contributed by atoms with Gasteiger partial charge >= 0.3 is 137 Å². The molecule has 0 aliphatic heterocycles. The molecule has 2 aromatic rings. The van der Waals surface area contributed by atoms with Crippen LogP contribution in [0.4, 0.5) is 0 Å². The van der Waals surface area contributed by atoms with Crippen molar-refractivity contribution in [1.29, 1.82) is 0 Å². The zero-order chi connectivity index (χ0) is 14.2. The molecule has 4 rings (SSSR count). The van der Waals surface area contributed by atoms with Crippen LogP contribution in [0.15, 0.2) is 64.0 Å². The van der Waals surface area contributed by atoms with E-state index in [2.05, 4.69) is 60.7 Å². The molecule has 0 amide bonds. The minimum absolute atomic E-state index is 0. The number of allylic oxidation sites excluding steroid dienone is 4. The molecule has 0 N–H and O–H groups in total. The molecule has 0 aromatic heterocycles. The minimum Gasteiger partial charge on any atom is -1.00 e. The van der Waals surface area contributed by atoms with Crippen molar-refractivity contribution in [3.8, 4) is 16.9 Å². The Hall–Kier alpha value is -0.817. The molecule has 1 unspecified atom stereocenters. The van der Waals surface area contributed by atoms with Gasteiger partial charge in [0.25, 0.3) is 0 Å². The molecule has 2 aliphatic rings. The average molecular weight is 422 g/mol. The number of ether oxygens (including phenoxy) is 1. The average Bonchev–Trinajstić information content (AvgIpc) is 3.15. The van der Waals surface area contributed by atoms with Crippen LogP contribution >= 0.6 is 0 Å². The molecule has 2 aliphatic carbocycles. The van der Waals surface area contributed by atoms with Crippen LogP contribution in [-0.4, -0.2) is 7.11 Å². The molecule has 0 spiro atoms. The number of halogens is 2. The van der Waals surface area contributed by atoms with E-state index in [4.69, 9.17) is 4.74 Å². The van der Waals surface area contributed by atoms with Gasteiger partial charge in [-0.25, -0.2) is 0 Å². The van der Waals surface area contributed by atoms with E-state index in [-0.39, 0.29) is 24.8 Å². The maximum Gasteiger partial charge on any atom is -1.00 e. The standard InChI is InChI=1S/C14H11O.C5H5.2ClH.Zr/c1-15-13-8-4-6-11-9-10-5-2-3-7-12(10)14(11)13;1-2-4-5-3-1;;;/h2-9H,1H3;1-3H,4H2;2*1H;/q;;;;+2/p-2.